The van der Waals surface area contributed by atoms with Crippen molar-refractivity contribution >= 4 is 22.7 Å². The normalized spacial score (nSPS) is 10.8. The average molecular weight is 254 g/mol. The second kappa shape index (κ2) is 4.64. The van der Waals surface area contributed by atoms with Crippen molar-refractivity contribution < 1.29 is 0 Å². The highest BCUT2D eigenvalue weighted by Gasteiger charge is 2.04. The van der Waals surface area contributed by atoms with E-state index in [0.717, 1.165) is 40.7 Å². The molecule has 0 aromatic carbocycles. The summed E-state index contributed by atoms with van der Waals surface area (Å²) in [6.07, 6.45) is 4.37. The van der Waals surface area contributed by atoms with Crippen molar-refractivity contribution in [2.24, 2.45) is 0 Å². The molecular formula is C13H14N6. The fourth-order valence-corrected chi connectivity index (χ4v) is 1.86. The van der Waals surface area contributed by atoms with Crippen molar-refractivity contribution in [2.75, 3.05) is 5.32 Å². The molecule has 6 nitrogen and oxygen atoms in total. The van der Waals surface area contributed by atoms with E-state index >= 15 is 0 Å². The number of imidazole rings is 1. The van der Waals surface area contributed by atoms with Crippen molar-refractivity contribution in [3.05, 3.63) is 36.2 Å². The summed E-state index contributed by atoms with van der Waals surface area (Å²) in [5.74, 6) is 3.14. The number of aryl methyl sites for hydroxylation is 2. The van der Waals surface area contributed by atoms with Crippen LogP contribution in [0.2, 0.25) is 0 Å². The Morgan fingerprint density at radius 1 is 1.21 bits per heavy atom. The third-order valence-electron chi connectivity index (χ3n) is 2.78. The van der Waals surface area contributed by atoms with Crippen LogP contribution in [0.1, 0.15) is 18.6 Å². The lowest BCUT2D eigenvalue weighted by Gasteiger charge is -2.04. The van der Waals surface area contributed by atoms with Gasteiger partial charge in [-0.05, 0) is 13.0 Å². The molecule has 0 atom stereocenters. The van der Waals surface area contributed by atoms with Crippen molar-refractivity contribution in [3.8, 4) is 0 Å². The average Bonchev–Trinajstić information content (AvgIpc) is 2.81. The minimum atomic E-state index is 0.721. The molecule has 0 unspecified atom stereocenters. The summed E-state index contributed by atoms with van der Waals surface area (Å²) < 4.78 is 0. The molecule has 0 aliphatic rings. The molecule has 3 aromatic rings. The minimum Gasteiger partial charge on any atom is -0.341 e. The van der Waals surface area contributed by atoms with Gasteiger partial charge in [0.05, 0.1) is 17.2 Å². The van der Waals surface area contributed by atoms with Gasteiger partial charge >= 0.3 is 0 Å². The quantitative estimate of drug-likeness (QED) is 0.750. The number of aromatic nitrogens is 5. The number of aromatic amines is 1. The van der Waals surface area contributed by atoms with E-state index < -0.39 is 0 Å². The van der Waals surface area contributed by atoms with Gasteiger partial charge in [-0.2, -0.15) is 0 Å². The molecule has 0 saturated carbocycles. The van der Waals surface area contributed by atoms with Crippen molar-refractivity contribution in [1.29, 1.82) is 0 Å². The highest BCUT2D eigenvalue weighted by atomic mass is 15.1. The van der Waals surface area contributed by atoms with Crippen LogP contribution in [0, 0.1) is 6.92 Å². The molecule has 96 valence electrons. The Hall–Kier alpha value is -2.50. The summed E-state index contributed by atoms with van der Waals surface area (Å²) in [5.41, 5.74) is 1.85. The zero-order chi connectivity index (χ0) is 13.2. The Balaban J connectivity index is 1.92. The maximum absolute atomic E-state index is 4.48. The number of nitrogens with zero attached hydrogens (tertiary/aromatic N) is 4. The van der Waals surface area contributed by atoms with Gasteiger partial charge in [0.25, 0.3) is 0 Å². The van der Waals surface area contributed by atoms with Gasteiger partial charge in [0, 0.05) is 18.7 Å². The molecule has 3 rings (SSSR count). The molecule has 19 heavy (non-hydrogen) atoms. The standard InChI is InChI=1S/C13H14N6/c1-3-11-17-9-6-13(15-7-10(9)18-11)19-12-4-5-14-8(2)16-12/h4-7H,3H2,1-2H3,(H,17,18)(H,14,15,16,19). The van der Waals surface area contributed by atoms with Gasteiger partial charge in [0.1, 0.15) is 23.3 Å². The van der Waals surface area contributed by atoms with Crippen LogP contribution in [0.15, 0.2) is 24.5 Å². The SMILES string of the molecule is CCc1nc2cc(Nc3ccnc(C)n3)ncc2[nH]1. The van der Waals surface area contributed by atoms with Gasteiger partial charge < -0.3 is 10.3 Å². The highest BCUT2D eigenvalue weighted by molar-refractivity contribution is 5.77. The highest BCUT2D eigenvalue weighted by Crippen LogP contribution is 2.17. The summed E-state index contributed by atoms with van der Waals surface area (Å²) in [4.78, 5) is 20.4. The van der Waals surface area contributed by atoms with Crippen LogP contribution < -0.4 is 5.32 Å². The third kappa shape index (κ3) is 2.37. The summed E-state index contributed by atoms with van der Waals surface area (Å²) in [6.45, 7) is 3.91. The van der Waals surface area contributed by atoms with Crippen LogP contribution in [0.25, 0.3) is 11.0 Å². The molecule has 3 heterocycles. The molecule has 3 aromatic heterocycles. The van der Waals surface area contributed by atoms with Gasteiger partial charge in [-0.1, -0.05) is 6.92 Å². The summed E-state index contributed by atoms with van der Waals surface area (Å²) >= 11 is 0. The van der Waals surface area contributed by atoms with E-state index in [0.29, 0.717) is 0 Å². The lowest BCUT2D eigenvalue weighted by molar-refractivity contribution is 1.00. The summed E-state index contributed by atoms with van der Waals surface area (Å²) in [5, 5.41) is 3.15. The molecule has 0 bridgehead atoms. The van der Waals surface area contributed by atoms with E-state index in [1.165, 1.54) is 0 Å². The lowest BCUT2D eigenvalue weighted by atomic mass is 10.4. The van der Waals surface area contributed by atoms with E-state index in [1.807, 2.05) is 13.0 Å². The van der Waals surface area contributed by atoms with Crippen LogP contribution in [-0.2, 0) is 6.42 Å². The molecular weight excluding hydrogens is 240 g/mol. The number of fused-ring (bicyclic) bond motifs is 1. The largest absolute Gasteiger partial charge is 0.341 e. The Morgan fingerprint density at radius 2 is 2.11 bits per heavy atom. The van der Waals surface area contributed by atoms with Crippen molar-refractivity contribution in [3.63, 3.8) is 0 Å². The zero-order valence-corrected chi connectivity index (χ0v) is 10.8. The Labute approximate surface area is 110 Å². The molecule has 0 radical (unpaired) electrons. The number of anilines is 2. The first-order valence-electron chi connectivity index (χ1n) is 6.16. The number of hydrogen-bond donors (Lipinski definition) is 2. The lowest BCUT2D eigenvalue weighted by Crippen LogP contribution is -1.97. The number of nitrogens with one attached hydrogen (secondary N) is 2. The van der Waals surface area contributed by atoms with E-state index in [-0.39, 0.29) is 0 Å². The van der Waals surface area contributed by atoms with Crippen LogP contribution >= 0.6 is 0 Å². The predicted molar refractivity (Wildman–Crippen MR) is 73.3 cm³/mol. The van der Waals surface area contributed by atoms with Crippen LogP contribution in [0.5, 0.6) is 0 Å². The van der Waals surface area contributed by atoms with E-state index in [2.05, 4.69) is 37.2 Å². The fourth-order valence-electron chi connectivity index (χ4n) is 1.86. The third-order valence-corrected chi connectivity index (χ3v) is 2.78. The maximum atomic E-state index is 4.48. The second-order valence-electron chi connectivity index (χ2n) is 4.24. The van der Waals surface area contributed by atoms with Crippen LogP contribution in [0.4, 0.5) is 11.6 Å². The van der Waals surface area contributed by atoms with E-state index in [9.17, 15) is 0 Å². The Kier molecular flexibility index (Phi) is 2.83. The molecule has 0 aliphatic heterocycles. The van der Waals surface area contributed by atoms with Gasteiger partial charge in [0.15, 0.2) is 0 Å². The first-order chi connectivity index (χ1) is 9.24. The van der Waals surface area contributed by atoms with Gasteiger partial charge in [-0.3, -0.25) is 0 Å². The predicted octanol–water partition coefficient (Wildman–Crippen LogP) is 2.36. The van der Waals surface area contributed by atoms with E-state index in [1.54, 1.807) is 18.5 Å². The van der Waals surface area contributed by atoms with Gasteiger partial charge in [0.2, 0.25) is 0 Å². The molecule has 6 heteroatoms. The summed E-state index contributed by atoms with van der Waals surface area (Å²) in [6, 6.07) is 3.71. The number of rotatable bonds is 3. The minimum absolute atomic E-state index is 0.721. The molecule has 0 saturated heterocycles. The van der Waals surface area contributed by atoms with Crippen LogP contribution in [-0.4, -0.2) is 24.9 Å². The van der Waals surface area contributed by atoms with Gasteiger partial charge in [-0.15, -0.1) is 0 Å². The van der Waals surface area contributed by atoms with E-state index in [4.69, 9.17) is 0 Å². The van der Waals surface area contributed by atoms with Crippen LogP contribution in [0.3, 0.4) is 0 Å². The monoisotopic (exact) mass is 254 g/mol. The first-order valence-corrected chi connectivity index (χ1v) is 6.16. The van der Waals surface area contributed by atoms with Crippen molar-refractivity contribution in [2.45, 2.75) is 20.3 Å². The second-order valence-corrected chi connectivity index (χ2v) is 4.24. The molecule has 0 spiro atoms. The maximum Gasteiger partial charge on any atom is 0.135 e. The fraction of sp³-hybridized carbons (Fsp3) is 0.231. The Bertz CT molecular complexity index is 718. The molecule has 0 amide bonds. The molecule has 2 N–H and O–H groups in total. The van der Waals surface area contributed by atoms with Crippen molar-refractivity contribution in [1.82, 2.24) is 24.9 Å². The summed E-state index contributed by atoms with van der Waals surface area (Å²) in [7, 11) is 0. The molecule has 0 fully saturated rings. The number of pyridine rings is 1. The first kappa shape index (κ1) is 11.6. The Morgan fingerprint density at radius 3 is 2.89 bits per heavy atom. The number of H-pyrrole nitrogens is 1. The number of hydrogen-bond acceptors (Lipinski definition) is 5. The van der Waals surface area contributed by atoms with Gasteiger partial charge in [-0.25, -0.2) is 19.9 Å². The smallest absolute Gasteiger partial charge is 0.135 e. The zero-order valence-electron chi connectivity index (χ0n) is 10.8. The molecule has 0 aliphatic carbocycles. The topological polar surface area (TPSA) is 79.4 Å².